The van der Waals surface area contributed by atoms with Crippen LogP contribution in [-0.4, -0.2) is 45.6 Å². The van der Waals surface area contributed by atoms with Crippen molar-refractivity contribution >= 4 is 11.9 Å². The van der Waals surface area contributed by atoms with Crippen molar-refractivity contribution in [3.63, 3.8) is 0 Å². The summed E-state index contributed by atoms with van der Waals surface area (Å²) in [6, 6.07) is 6.31. The zero-order chi connectivity index (χ0) is 17.1. The number of aryl methyl sites for hydroxylation is 1. The van der Waals surface area contributed by atoms with Crippen LogP contribution in [0.25, 0.3) is 11.4 Å². The molecule has 0 spiro atoms. The van der Waals surface area contributed by atoms with Crippen LogP contribution in [0.5, 0.6) is 0 Å². The zero-order valence-corrected chi connectivity index (χ0v) is 13.2. The third kappa shape index (κ3) is 3.57. The monoisotopic (exact) mass is 326 g/mol. The van der Waals surface area contributed by atoms with Gasteiger partial charge in [0.25, 0.3) is 5.91 Å². The number of hydrogen-bond donors (Lipinski definition) is 3. The van der Waals surface area contributed by atoms with Gasteiger partial charge >= 0.3 is 5.97 Å². The van der Waals surface area contributed by atoms with E-state index >= 15 is 0 Å². The maximum atomic E-state index is 12.4. The molecule has 1 fully saturated rings. The molecule has 2 atom stereocenters. The number of nitrogens with zero attached hydrogens (tertiary/aromatic N) is 2. The van der Waals surface area contributed by atoms with Crippen LogP contribution in [0.15, 0.2) is 36.7 Å². The van der Waals surface area contributed by atoms with Crippen LogP contribution in [-0.2, 0) is 4.79 Å². The molecule has 1 saturated heterocycles. The molecule has 7 nitrogen and oxygen atoms in total. The lowest BCUT2D eigenvalue weighted by Gasteiger charge is -2.12. The Kier molecular flexibility index (Phi) is 4.52. The van der Waals surface area contributed by atoms with E-state index in [1.807, 2.05) is 19.1 Å². The van der Waals surface area contributed by atoms with Crippen molar-refractivity contribution in [1.29, 1.82) is 0 Å². The second kappa shape index (κ2) is 6.76. The second-order valence-electron chi connectivity index (χ2n) is 5.85. The summed E-state index contributed by atoms with van der Waals surface area (Å²) in [4.78, 5) is 31.9. The lowest BCUT2D eigenvalue weighted by atomic mass is 10.1. The van der Waals surface area contributed by atoms with Gasteiger partial charge in [-0.2, -0.15) is 0 Å². The van der Waals surface area contributed by atoms with Crippen molar-refractivity contribution in [3.05, 3.63) is 47.8 Å². The number of nitrogens with one attached hydrogen (secondary N) is 2. The third-order valence-corrected chi connectivity index (χ3v) is 3.96. The minimum Gasteiger partial charge on any atom is -0.480 e. The van der Waals surface area contributed by atoms with E-state index in [-0.39, 0.29) is 11.9 Å². The number of aromatic nitrogens is 2. The number of hydrogen-bond acceptors (Lipinski definition) is 5. The molecule has 2 aromatic heterocycles. The highest BCUT2D eigenvalue weighted by molar-refractivity contribution is 5.95. The van der Waals surface area contributed by atoms with Gasteiger partial charge in [-0.3, -0.25) is 19.6 Å². The van der Waals surface area contributed by atoms with Crippen LogP contribution in [0.4, 0.5) is 0 Å². The van der Waals surface area contributed by atoms with Gasteiger partial charge in [-0.15, -0.1) is 0 Å². The minimum atomic E-state index is -0.900. The van der Waals surface area contributed by atoms with Crippen molar-refractivity contribution in [2.45, 2.75) is 25.4 Å². The maximum absolute atomic E-state index is 12.4. The van der Waals surface area contributed by atoms with Crippen LogP contribution >= 0.6 is 0 Å². The summed E-state index contributed by atoms with van der Waals surface area (Å²) >= 11 is 0. The average molecular weight is 326 g/mol. The summed E-state index contributed by atoms with van der Waals surface area (Å²) in [5.41, 5.74) is 2.87. The Morgan fingerprint density at radius 1 is 1.21 bits per heavy atom. The summed E-state index contributed by atoms with van der Waals surface area (Å²) < 4.78 is 0. The van der Waals surface area contributed by atoms with Crippen molar-refractivity contribution < 1.29 is 14.7 Å². The fourth-order valence-electron chi connectivity index (χ4n) is 2.69. The summed E-state index contributed by atoms with van der Waals surface area (Å²) in [5, 5.41) is 14.7. The van der Waals surface area contributed by atoms with E-state index in [2.05, 4.69) is 20.6 Å². The number of rotatable bonds is 4. The summed E-state index contributed by atoms with van der Waals surface area (Å²) in [6.07, 6.45) is 3.65. The number of carboxylic acids is 1. The molecule has 3 N–H and O–H groups in total. The fraction of sp³-hybridized carbons (Fsp3) is 0.294. The van der Waals surface area contributed by atoms with Gasteiger partial charge in [-0.1, -0.05) is 0 Å². The molecule has 3 heterocycles. The first-order valence-corrected chi connectivity index (χ1v) is 7.69. The van der Waals surface area contributed by atoms with Gasteiger partial charge in [0.15, 0.2) is 0 Å². The lowest BCUT2D eigenvalue weighted by Crippen LogP contribution is -2.36. The molecule has 1 aliphatic heterocycles. The normalized spacial score (nSPS) is 19.9. The van der Waals surface area contributed by atoms with E-state index in [0.29, 0.717) is 29.9 Å². The van der Waals surface area contributed by atoms with Gasteiger partial charge in [0.2, 0.25) is 0 Å². The standard InChI is InChI=1S/C17H18N4O3/c1-10-2-4-18-13(6-10)14-7-11(3-5-19-14)16(22)21-12-8-15(17(23)24)20-9-12/h2-7,12,15,20H,8-9H2,1H3,(H,21,22)(H,23,24)/t12-,15-/m0/s1. The number of carbonyl (C=O) groups is 2. The van der Waals surface area contributed by atoms with Crippen LogP contribution in [0.3, 0.4) is 0 Å². The minimum absolute atomic E-state index is 0.202. The highest BCUT2D eigenvalue weighted by Gasteiger charge is 2.30. The Labute approximate surface area is 139 Å². The highest BCUT2D eigenvalue weighted by atomic mass is 16.4. The Balaban J connectivity index is 1.72. The molecule has 1 aliphatic rings. The second-order valence-corrected chi connectivity index (χ2v) is 5.85. The maximum Gasteiger partial charge on any atom is 0.320 e. The first kappa shape index (κ1) is 16.1. The summed E-state index contributed by atoms with van der Waals surface area (Å²) in [6.45, 7) is 2.41. The zero-order valence-electron chi connectivity index (χ0n) is 13.2. The van der Waals surface area contributed by atoms with Crippen LogP contribution in [0.1, 0.15) is 22.3 Å². The van der Waals surface area contributed by atoms with E-state index < -0.39 is 12.0 Å². The van der Waals surface area contributed by atoms with Crippen LogP contribution in [0.2, 0.25) is 0 Å². The molecular formula is C17H18N4O3. The van der Waals surface area contributed by atoms with E-state index in [1.54, 1.807) is 24.5 Å². The van der Waals surface area contributed by atoms with Crippen molar-refractivity contribution in [2.75, 3.05) is 6.54 Å². The van der Waals surface area contributed by atoms with Crippen molar-refractivity contribution in [2.24, 2.45) is 0 Å². The average Bonchev–Trinajstić information content (AvgIpc) is 3.04. The Morgan fingerprint density at radius 2 is 1.92 bits per heavy atom. The Morgan fingerprint density at radius 3 is 2.58 bits per heavy atom. The van der Waals surface area contributed by atoms with Gasteiger partial charge in [0, 0.05) is 30.5 Å². The molecule has 1 amide bonds. The predicted octanol–water partition coefficient (Wildman–Crippen LogP) is 0.997. The number of carbonyl (C=O) groups excluding carboxylic acids is 1. The van der Waals surface area contributed by atoms with Gasteiger partial charge in [-0.25, -0.2) is 0 Å². The summed E-state index contributed by atoms with van der Waals surface area (Å²) in [5.74, 6) is -1.15. The number of carboxylic acid groups (broad SMARTS) is 1. The SMILES string of the molecule is Cc1ccnc(-c2cc(C(=O)N[C@@H]3CN[C@H](C(=O)O)C3)ccn2)c1. The van der Waals surface area contributed by atoms with Gasteiger partial charge < -0.3 is 15.7 Å². The largest absolute Gasteiger partial charge is 0.480 e. The van der Waals surface area contributed by atoms with Gasteiger partial charge in [0.05, 0.1) is 11.4 Å². The highest BCUT2D eigenvalue weighted by Crippen LogP contribution is 2.17. The van der Waals surface area contributed by atoms with E-state index in [1.165, 1.54) is 0 Å². The van der Waals surface area contributed by atoms with Crippen molar-refractivity contribution in [3.8, 4) is 11.4 Å². The predicted molar refractivity (Wildman–Crippen MR) is 87.5 cm³/mol. The molecule has 0 saturated carbocycles. The smallest absolute Gasteiger partial charge is 0.320 e. The molecule has 24 heavy (non-hydrogen) atoms. The first-order valence-electron chi connectivity index (χ1n) is 7.69. The fourth-order valence-corrected chi connectivity index (χ4v) is 2.69. The molecule has 0 bridgehead atoms. The Hall–Kier alpha value is -2.80. The van der Waals surface area contributed by atoms with Gasteiger partial charge in [-0.05, 0) is 43.2 Å². The van der Waals surface area contributed by atoms with Crippen LogP contribution in [0, 0.1) is 6.92 Å². The molecular weight excluding hydrogens is 308 g/mol. The van der Waals surface area contributed by atoms with Crippen molar-refractivity contribution in [1.82, 2.24) is 20.6 Å². The van der Waals surface area contributed by atoms with E-state index in [0.717, 1.165) is 5.56 Å². The molecule has 0 aromatic carbocycles. The third-order valence-electron chi connectivity index (χ3n) is 3.96. The topological polar surface area (TPSA) is 104 Å². The molecule has 7 heteroatoms. The molecule has 2 aromatic rings. The molecule has 0 aliphatic carbocycles. The first-order chi connectivity index (χ1) is 11.5. The number of aliphatic carboxylic acids is 1. The van der Waals surface area contributed by atoms with E-state index in [4.69, 9.17) is 5.11 Å². The summed E-state index contributed by atoms with van der Waals surface area (Å²) in [7, 11) is 0. The molecule has 0 radical (unpaired) electrons. The number of amides is 1. The lowest BCUT2D eigenvalue weighted by molar-refractivity contribution is -0.139. The Bertz CT molecular complexity index is 778. The molecule has 3 rings (SSSR count). The quantitative estimate of drug-likeness (QED) is 0.774. The molecule has 124 valence electrons. The van der Waals surface area contributed by atoms with Gasteiger partial charge in [0.1, 0.15) is 6.04 Å². The number of pyridine rings is 2. The molecule has 0 unspecified atom stereocenters. The van der Waals surface area contributed by atoms with Crippen LogP contribution < -0.4 is 10.6 Å². The van der Waals surface area contributed by atoms with E-state index in [9.17, 15) is 9.59 Å².